The average Bonchev–Trinajstić information content (AvgIpc) is 3.21. The number of rotatable bonds is 18. The van der Waals surface area contributed by atoms with Crippen molar-refractivity contribution >= 4 is 11.9 Å². The smallest absolute Gasteiger partial charge is 0.321 e. The Balaban J connectivity index is 0.00000235. The summed E-state index contributed by atoms with van der Waals surface area (Å²) in [5.41, 5.74) is 0.742. The van der Waals surface area contributed by atoms with Crippen LogP contribution >= 0.6 is 0 Å². The van der Waals surface area contributed by atoms with Gasteiger partial charge in [0.05, 0.1) is 6.33 Å². The first-order valence-electron chi connectivity index (χ1n) is 10.0. The normalized spacial score (nSPS) is 12.0. The van der Waals surface area contributed by atoms with Crippen molar-refractivity contribution in [2.45, 2.75) is 51.2 Å². The third kappa shape index (κ3) is 18.9. The molecule has 1 heterocycles. The van der Waals surface area contributed by atoms with Gasteiger partial charge in [0.2, 0.25) is 0 Å². The molecule has 0 aliphatic carbocycles. The lowest BCUT2D eigenvalue weighted by Gasteiger charge is -2.14. The zero-order valence-corrected chi connectivity index (χ0v) is 18.2. The van der Waals surface area contributed by atoms with Crippen molar-refractivity contribution < 1.29 is 39.7 Å². The lowest BCUT2D eigenvalue weighted by molar-refractivity contribution is -0.790. The Morgan fingerprint density at radius 1 is 1.15 bits per heavy atom. The maximum absolute atomic E-state index is 11.3. The summed E-state index contributed by atoms with van der Waals surface area (Å²) in [6.07, 6.45) is 4.65. The minimum atomic E-state index is -1.02. The second-order valence-corrected chi connectivity index (χ2v) is 6.71. The van der Waals surface area contributed by atoms with Crippen molar-refractivity contribution in [3.05, 3.63) is 38.4 Å². The Hall–Kier alpha value is -3.53. The molecule has 0 bridgehead atoms. The predicted molar refractivity (Wildman–Crippen MR) is 111 cm³/mol. The van der Waals surface area contributed by atoms with Gasteiger partial charge in [-0.1, -0.05) is 0 Å². The van der Waals surface area contributed by atoms with Gasteiger partial charge in [-0.2, -0.15) is 0 Å². The van der Waals surface area contributed by atoms with Crippen LogP contribution in [0, 0.1) is 20.2 Å². The Bertz CT molecular complexity index is 698. The molecule has 0 saturated heterocycles. The lowest BCUT2D eigenvalue weighted by atomic mass is 10.1. The van der Waals surface area contributed by atoms with Gasteiger partial charge in [-0.15, -0.1) is 20.2 Å². The molecule has 0 fully saturated rings. The highest BCUT2D eigenvalue weighted by Crippen LogP contribution is 2.06. The summed E-state index contributed by atoms with van der Waals surface area (Å²) in [5.74, 6) is -1.76. The Labute approximate surface area is 188 Å². The van der Waals surface area contributed by atoms with Crippen LogP contribution in [0.25, 0.3) is 0 Å². The number of imidazole rings is 1. The number of hydrogen-bond acceptors (Lipinski definition) is 11. The number of H-pyrrole nitrogens is 1. The number of aliphatic carboxylic acids is 2. The van der Waals surface area contributed by atoms with E-state index in [-0.39, 0.29) is 6.42 Å². The SMILES string of the molecule is CC(=O)O.O=C(O)[C@H](Cc1cnc[nH]1)NCCCNCCCC[C@@H](CO[N+](=O)[O-])O[N+](=O)[O-]. The third-order valence-corrected chi connectivity index (χ3v) is 3.93. The molecule has 2 atom stereocenters. The molecule has 0 aliphatic rings. The van der Waals surface area contributed by atoms with Crippen LogP contribution in [0.2, 0.25) is 0 Å². The van der Waals surface area contributed by atoms with Crippen LogP contribution < -0.4 is 10.6 Å². The second-order valence-electron chi connectivity index (χ2n) is 6.71. The number of unbranched alkanes of at least 4 members (excludes halogenated alkanes) is 1. The lowest BCUT2D eigenvalue weighted by Crippen LogP contribution is -2.39. The van der Waals surface area contributed by atoms with Crippen molar-refractivity contribution in [2.24, 2.45) is 0 Å². The first-order chi connectivity index (χ1) is 15.6. The molecule has 16 heteroatoms. The highest BCUT2D eigenvalue weighted by Gasteiger charge is 2.17. The Morgan fingerprint density at radius 3 is 2.36 bits per heavy atom. The molecular formula is C17H30N6O10. The second kappa shape index (κ2) is 18.1. The van der Waals surface area contributed by atoms with E-state index in [1.165, 1.54) is 6.33 Å². The number of carboxylic acid groups (broad SMARTS) is 2. The van der Waals surface area contributed by atoms with E-state index in [1.54, 1.807) is 6.20 Å². The number of carboxylic acids is 2. The van der Waals surface area contributed by atoms with Gasteiger partial charge in [0, 0.05) is 25.2 Å². The van der Waals surface area contributed by atoms with Crippen molar-refractivity contribution in [3.63, 3.8) is 0 Å². The summed E-state index contributed by atoms with van der Waals surface area (Å²) in [6.45, 7) is 2.44. The van der Waals surface area contributed by atoms with E-state index in [9.17, 15) is 30.1 Å². The molecule has 16 nitrogen and oxygen atoms in total. The molecule has 0 amide bonds. The standard InChI is InChI=1S/C15H26N6O8.C2H4O2/c22-15(23)14(8-12-9-17-11-19-12)18-7-3-6-16-5-2-1-4-13(29-21(26)27)10-28-20(24)25;1-2(3)4/h9,11,13-14,16,18H,1-8,10H2,(H,17,19)(H,22,23);1H3,(H,3,4)/t13-,14-;/m0./s1. The molecule has 0 aromatic carbocycles. The molecule has 33 heavy (non-hydrogen) atoms. The van der Waals surface area contributed by atoms with Gasteiger partial charge in [-0.25, -0.2) is 4.98 Å². The fourth-order valence-corrected chi connectivity index (χ4v) is 2.53. The number of aromatic amines is 1. The number of nitrogens with one attached hydrogen (secondary N) is 3. The van der Waals surface area contributed by atoms with Crippen LogP contribution in [0.5, 0.6) is 0 Å². The van der Waals surface area contributed by atoms with Crippen LogP contribution in [0.4, 0.5) is 0 Å². The number of nitrogens with zero attached hydrogens (tertiary/aromatic N) is 3. The summed E-state index contributed by atoms with van der Waals surface area (Å²) in [7, 11) is 0. The molecule has 1 aromatic heterocycles. The third-order valence-electron chi connectivity index (χ3n) is 3.93. The zero-order chi connectivity index (χ0) is 25.1. The summed E-state index contributed by atoms with van der Waals surface area (Å²) < 4.78 is 0. The van der Waals surface area contributed by atoms with E-state index in [4.69, 9.17) is 9.90 Å². The van der Waals surface area contributed by atoms with Gasteiger partial charge in [0.1, 0.15) is 18.8 Å². The molecule has 0 unspecified atom stereocenters. The number of carbonyl (C=O) groups is 2. The summed E-state index contributed by atoms with van der Waals surface area (Å²) in [5, 5.41) is 41.3. The van der Waals surface area contributed by atoms with E-state index < -0.39 is 40.9 Å². The molecule has 1 rings (SSSR count). The molecule has 188 valence electrons. The summed E-state index contributed by atoms with van der Waals surface area (Å²) in [4.78, 5) is 56.0. The van der Waals surface area contributed by atoms with Crippen molar-refractivity contribution in [3.8, 4) is 0 Å². The largest absolute Gasteiger partial charge is 0.481 e. The van der Waals surface area contributed by atoms with E-state index >= 15 is 0 Å². The van der Waals surface area contributed by atoms with Crippen LogP contribution in [0.1, 0.15) is 38.3 Å². The number of aromatic nitrogens is 2. The van der Waals surface area contributed by atoms with Gasteiger partial charge < -0.3 is 35.5 Å². The monoisotopic (exact) mass is 478 g/mol. The minimum Gasteiger partial charge on any atom is -0.481 e. The van der Waals surface area contributed by atoms with Gasteiger partial charge in [0.15, 0.2) is 0 Å². The highest BCUT2D eigenvalue weighted by atomic mass is 17.0. The van der Waals surface area contributed by atoms with Gasteiger partial charge >= 0.3 is 5.97 Å². The van der Waals surface area contributed by atoms with Crippen LogP contribution in [-0.4, -0.2) is 80.7 Å². The van der Waals surface area contributed by atoms with E-state index in [2.05, 4.69) is 30.3 Å². The van der Waals surface area contributed by atoms with Crippen LogP contribution in [-0.2, 0) is 25.7 Å². The maximum Gasteiger partial charge on any atom is 0.321 e. The minimum absolute atomic E-state index is 0.256. The first-order valence-corrected chi connectivity index (χ1v) is 10.0. The van der Waals surface area contributed by atoms with Gasteiger partial charge in [-0.3, -0.25) is 9.59 Å². The quantitative estimate of drug-likeness (QED) is 0.106. The van der Waals surface area contributed by atoms with E-state index in [1.807, 2.05) is 0 Å². The topological polar surface area (TPSA) is 232 Å². The van der Waals surface area contributed by atoms with Crippen LogP contribution in [0.3, 0.4) is 0 Å². The molecule has 0 radical (unpaired) electrons. The van der Waals surface area contributed by atoms with E-state index in [0.29, 0.717) is 38.9 Å². The fourth-order valence-electron chi connectivity index (χ4n) is 2.53. The molecule has 0 aliphatic heterocycles. The highest BCUT2D eigenvalue weighted by molar-refractivity contribution is 5.73. The Morgan fingerprint density at radius 2 is 1.82 bits per heavy atom. The fraction of sp³-hybridized carbons (Fsp3) is 0.706. The molecule has 0 saturated carbocycles. The molecule has 1 aromatic rings. The predicted octanol–water partition coefficient (Wildman–Crippen LogP) is 0.0211. The van der Waals surface area contributed by atoms with Gasteiger partial charge in [0.25, 0.3) is 16.1 Å². The van der Waals surface area contributed by atoms with Crippen LogP contribution in [0.15, 0.2) is 12.5 Å². The number of hydrogen-bond donors (Lipinski definition) is 5. The first kappa shape index (κ1) is 29.5. The summed E-state index contributed by atoms with van der Waals surface area (Å²) in [6, 6.07) is -0.699. The van der Waals surface area contributed by atoms with Crippen molar-refractivity contribution in [1.29, 1.82) is 0 Å². The zero-order valence-electron chi connectivity index (χ0n) is 18.2. The summed E-state index contributed by atoms with van der Waals surface area (Å²) >= 11 is 0. The van der Waals surface area contributed by atoms with Gasteiger partial charge in [-0.05, 0) is 45.3 Å². The van der Waals surface area contributed by atoms with Crippen molar-refractivity contribution in [2.75, 3.05) is 26.2 Å². The molecular weight excluding hydrogens is 448 g/mol. The van der Waals surface area contributed by atoms with E-state index in [0.717, 1.165) is 19.0 Å². The average molecular weight is 478 g/mol. The van der Waals surface area contributed by atoms with Crippen molar-refractivity contribution in [1.82, 2.24) is 20.6 Å². The Kier molecular flexibility index (Phi) is 16.1. The molecule has 5 N–H and O–H groups in total. The maximum atomic E-state index is 11.3. The molecule has 0 spiro atoms.